The minimum absolute atomic E-state index is 0.0268. The van der Waals surface area contributed by atoms with Crippen molar-refractivity contribution in [3.05, 3.63) is 53.7 Å². The van der Waals surface area contributed by atoms with E-state index in [0.717, 1.165) is 43.2 Å². The molecule has 1 fully saturated rings. The van der Waals surface area contributed by atoms with Gasteiger partial charge in [0.1, 0.15) is 23.7 Å². The molecule has 9 nitrogen and oxygen atoms in total. The van der Waals surface area contributed by atoms with Crippen LogP contribution in [0.1, 0.15) is 61.4 Å². The third kappa shape index (κ3) is 6.47. The number of fused-ring (bicyclic) bond motifs is 1. The highest BCUT2D eigenvalue weighted by Crippen LogP contribution is 2.31. The van der Waals surface area contributed by atoms with Crippen molar-refractivity contribution in [1.29, 1.82) is 0 Å². The molecule has 0 bridgehead atoms. The van der Waals surface area contributed by atoms with Crippen molar-refractivity contribution in [1.82, 2.24) is 14.7 Å². The topological polar surface area (TPSA) is 122 Å². The van der Waals surface area contributed by atoms with Crippen molar-refractivity contribution < 1.29 is 24.2 Å². The summed E-state index contributed by atoms with van der Waals surface area (Å²) in [6, 6.07) is 10.8. The Hall–Kier alpha value is -3.88. The highest BCUT2D eigenvalue weighted by Gasteiger charge is 2.28. The number of aliphatic carboxylic acids is 1. The van der Waals surface area contributed by atoms with Crippen LogP contribution in [-0.4, -0.2) is 51.5 Å². The number of hydrogen-bond acceptors (Lipinski definition) is 6. The van der Waals surface area contributed by atoms with E-state index >= 15 is 0 Å². The molecule has 1 atom stereocenters. The molecule has 1 unspecified atom stereocenters. The number of amides is 1. The van der Waals surface area contributed by atoms with Gasteiger partial charge in [0, 0.05) is 23.4 Å². The van der Waals surface area contributed by atoms with Crippen LogP contribution in [0.15, 0.2) is 42.6 Å². The fraction of sp³-hybridized carbons (Fsp3) is 0.429. The zero-order valence-corrected chi connectivity index (χ0v) is 21.3. The van der Waals surface area contributed by atoms with Crippen LogP contribution in [0.2, 0.25) is 0 Å². The van der Waals surface area contributed by atoms with Crippen LogP contribution in [0.3, 0.4) is 0 Å². The molecule has 1 saturated carbocycles. The summed E-state index contributed by atoms with van der Waals surface area (Å²) < 4.78 is 6.85. The molecule has 1 aliphatic carbocycles. The highest BCUT2D eigenvalue weighted by molar-refractivity contribution is 5.96. The van der Waals surface area contributed by atoms with Crippen LogP contribution >= 0.6 is 0 Å². The predicted octanol–water partition coefficient (Wildman–Crippen LogP) is 4.44. The zero-order valence-electron chi connectivity index (χ0n) is 21.3. The summed E-state index contributed by atoms with van der Waals surface area (Å²) in [5.41, 5.74) is 3.52. The number of aromatic nitrogens is 2. The molecule has 196 valence electrons. The van der Waals surface area contributed by atoms with Gasteiger partial charge >= 0.3 is 11.9 Å². The third-order valence-corrected chi connectivity index (χ3v) is 6.82. The van der Waals surface area contributed by atoms with Crippen molar-refractivity contribution in [2.24, 2.45) is 5.92 Å². The lowest BCUT2D eigenvalue weighted by molar-refractivity contribution is -0.141. The second-order valence-electron chi connectivity index (χ2n) is 9.56. The molecule has 0 aliphatic heterocycles. The highest BCUT2D eigenvalue weighted by atomic mass is 16.5. The van der Waals surface area contributed by atoms with E-state index < -0.39 is 12.0 Å². The molecule has 2 aromatic heterocycles. The van der Waals surface area contributed by atoms with Gasteiger partial charge in [0.25, 0.3) is 5.91 Å². The second-order valence-corrected chi connectivity index (χ2v) is 9.56. The van der Waals surface area contributed by atoms with Crippen molar-refractivity contribution >= 4 is 29.3 Å². The summed E-state index contributed by atoms with van der Waals surface area (Å²) in [4.78, 5) is 41.5. The fourth-order valence-electron chi connectivity index (χ4n) is 5.03. The van der Waals surface area contributed by atoms with Gasteiger partial charge < -0.3 is 20.5 Å². The van der Waals surface area contributed by atoms with Crippen molar-refractivity contribution in [3.63, 3.8) is 0 Å². The van der Waals surface area contributed by atoms with E-state index in [2.05, 4.69) is 10.6 Å². The van der Waals surface area contributed by atoms with Gasteiger partial charge in [0.05, 0.1) is 13.0 Å². The maximum atomic E-state index is 13.2. The molecule has 3 aromatic rings. The molecular formula is C28H34N4O5. The summed E-state index contributed by atoms with van der Waals surface area (Å²) in [7, 11) is 0. The Morgan fingerprint density at radius 2 is 1.95 bits per heavy atom. The zero-order chi connectivity index (χ0) is 26.4. The number of nitrogens with zero attached hydrogens (tertiary/aromatic N) is 2. The van der Waals surface area contributed by atoms with Crippen LogP contribution in [0, 0.1) is 12.8 Å². The average Bonchev–Trinajstić information content (AvgIpc) is 3.25. The summed E-state index contributed by atoms with van der Waals surface area (Å²) in [6.07, 6.45) is 6.74. The van der Waals surface area contributed by atoms with Crippen LogP contribution in [0.5, 0.6) is 0 Å². The Labute approximate surface area is 216 Å². The van der Waals surface area contributed by atoms with E-state index in [-0.39, 0.29) is 30.8 Å². The summed E-state index contributed by atoms with van der Waals surface area (Å²) in [6.45, 7) is 4.01. The minimum Gasteiger partial charge on any atom is -0.481 e. The monoisotopic (exact) mass is 506 g/mol. The Bertz CT molecular complexity index is 1280. The lowest BCUT2D eigenvalue weighted by atomic mass is 9.82. The molecule has 1 amide bonds. The molecule has 1 aromatic carbocycles. The summed E-state index contributed by atoms with van der Waals surface area (Å²) >= 11 is 0. The number of anilines is 1. The van der Waals surface area contributed by atoms with E-state index in [0.29, 0.717) is 29.3 Å². The quantitative estimate of drug-likeness (QED) is 0.348. The molecule has 2 heterocycles. The van der Waals surface area contributed by atoms with Gasteiger partial charge in [-0.15, -0.1) is 0 Å². The van der Waals surface area contributed by atoms with Gasteiger partial charge in [0.2, 0.25) is 0 Å². The lowest BCUT2D eigenvalue weighted by Gasteiger charge is -2.30. The molecular weight excluding hydrogens is 472 g/mol. The predicted molar refractivity (Wildman–Crippen MR) is 141 cm³/mol. The fourth-order valence-corrected chi connectivity index (χ4v) is 5.03. The van der Waals surface area contributed by atoms with E-state index in [1.54, 1.807) is 29.7 Å². The first kappa shape index (κ1) is 26.2. The molecule has 9 heteroatoms. The van der Waals surface area contributed by atoms with Crippen LogP contribution in [0.25, 0.3) is 16.9 Å². The third-order valence-electron chi connectivity index (χ3n) is 6.82. The Morgan fingerprint density at radius 3 is 2.65 bits per heavy atom. The molecule has 0 spiro atoms. The number of esters is 1. The maximum Gasteiger partial charge on any atom is 0.325 e. The Morgan fingerprint density at radius 1 is 1.16 bits per heavy atom. The van der Waals surface area contributed by atoms with Gasteiger partial charge in [-0.3, -0.25) is 18.8 Å². The maximum absolute atomic E-state index is 13.2. The number of hydrogen-bond donors (Lipinski definition) is 3. The molecule has 0 saturated heterocycles. The lowest BCUT2D eigenvalue weighted by Crippen LogP contribution is -2.42. The van der Waals surface area contributed by atoms with Crippen LogP contribution in [-0.2, 0) is 14.3 Å². The normalized spacial score (nSPS) is 14.8. The molecule has 37 heavy (non-hydrogen) atoms. The van der Waals surface area contributed by atoms with Gasteiger partial charge in [-0.2, -0.15) is 0 Å². The first-order valence-electron chi connectivity index (χ1n) is 12.9. The van der Waals surface area contributed by atoms with E-state index in [9.17, 15) is 19.5 Å². The van der Waals surface area contributed by atoms with Gasteiger partial charge in [-0.25, -0.2) is 4.98 Å². The first-order chi connectivity index (χ1) is 17.9. The number of carbonyl (C=O) groups excluding carboxylic acids is 2. The van der Waals surface area contributed by atoms with Crippen molar-refractivity contribution in [2.75, 3.05) is 18.5 Å². The van der Waals surface area contributed by atoms with Gasteiger partial charge in [-0.05, 0) is 50.8 Å². The minimum atomic E-state index is -0.917. The number of rotatable bonds is 10. The SMILES string of the molecule is CCOC(=O)CNc1c(-c2cccc(C)c2)nc2cc(C(=O)NC(CC(=O)O)C3CCCCC3)ccn12. The number of carboxylic acids is 1. The Balaban J connectivity index is 1.64. The number of pyridine rings is 1. The van der Waals surface area contributed by atoms with E-state index in [1.807, 2.05) is 31.2 Å². The average molecular weight is 507 g/mol. The smallest absolute Gasteiger partial charge is 0.325 e. The number of carbonyl (C=O) groups is 3. The Kier molecular flexibility index (Phi) is 8.43. The first-order valence-corrected chi connectivity index (χ1v) is 12.9. The standard InChI is InChI=1S/C28H34N4O5/c1-3-37-25(35)17-29-27-26(20-11-7-8-18(2)14-20)31-23-15-21(12-13-32(23)27)28(36)30-22(16-24(33)34)19-9-5-4-6-10-19/h7-8,11-15,19,22,29H,3-6,9-10,16-17H2,1-2H3,(H,30,36)(H,33,34). The van der Waals surface area contributed by atoms with E-state index in [4.69, 9.17) is 9.72 Å². The van der Waals surface area contributed by atoms with Crippen LogP contribution < -0.4 is 10.6 Å². The van der Waals surface area contributed by atoms with Gasteiger partial charge in [0.15, 0.2) is 0 Å². The number of benzene rings is 1. The van der Waals surface area contributed by atoms with Gasteiger partial charge in [-0.1, -0.05) is 43.0 Å². The summed E-state index contributed by atoms with van der Waals surface area (Å²) in [5, 5.41) is 15.5. The summed E-state index contributed by atoms with van der Waals surface area (Å²) in [5.74, 6) is -0.835. The number of ether oxygens (including phenoxy) is 1. The van der Waals surface area contributed by atoms with Crippen molar-refractivity contribution in [2.45, 2.75) is 58.4 Å². The number of imidazole rings is 1. The van der Waals surface area contributed by atoms with E-state index in [1.165, 1.54) is 0 Å². The number of nitrogens with one attached hydrogen (secondary N) is 2. The number of aryl methyl sites for hydroxylation is 1. The number of carboxylic acid groups (broad SMARTS) is 1. The molecule has 1 aliphatic rings. The molecule has 0 radical (unpaired) electrons. The largest absolute Gasteiger partial charge is 0.481 e. The molecule has 3 N–H and O–H groups in total. The van der Waals surface area contributed by atoms with Crippen LogP contribution in [0.4, 0.5) is 5.82 Å². The molecule has 4 rings (SSSR count). The van der Waals surface area contributed by atoms with Crippen molar-refractivity contribution in [3.8, 4) is 11.3 Å². The second kappa shape index (κ2) is 11.9.